The van der Waals surface area contributed by atoms with E-state index in [0.29, 0.717) is 35.6 Å². The minimum atomic E-state index is -0.760. The molecule has 2 aliphatic rings. The lowest BCUT2D eigenvalue weighted by atomic mass is 9.94. The molecule has 166 valence electrons. The smallest absolute Gasteiger partial charge is 0.314 e. The number of nitrogens with zero attached hydrogens (tertiary/aromatic N) is 2. The van der Waals surface area contributed by atoms with E-state index in [2.05, 4.69) is 35.1 Å². The number of halogens is 1. The SMILES string of the molecule is CC(C)CN(c1ccc(C2(C(=O)O)CC2)cc1Nc1ccc(Cl)cn1)C1CCOCC1. The quantitative estimate of drug-likeness (QED) is 0.581. The molecule has 4 rings (SSSR count). The van der Waals surface area contributed by atoms with Crippen molar-refractivity contribution in [1.82, 2.24) is 4.98 Å². The number of anilines is 3. The molecule has 0 amide bonds. The largest absolute Gasteiger partial charge is 0.481 e. The highest BCUT2D eigenvalue weighted by Gasteiger charge is 2.52. The summed E-state index contributed by atoms with van der Waals surface area (Å²) in [5.74, 6) is 0.413. The molecule has 0 unspecified atom stereocenters. The molecule has 0 bridgehead atoms. The Morgan fingerprint density at radius 2 is 2.03 bits per heavy atom. The summed E-state index contributed by atoms with van der Waals surface area (Å²) in [5.41, 5.74) is 2.04. The fourth-order valence-electron chi connectivity index (χ4n) is 4.36. The van der Waals surface area contributed by atoms with Crippen LogP contribution in [0.4, 0.5) is 17.2 Å². The normalized spacial score (nSPS) is 18.1. The van der Waals surface area contributed by atoms with Crippen LogP contribution in [0.2, 0.25) is 5.02 Å². The van der Waals surface area contributed by atoms with E-state index in [1.807, 2.05) is 18.2 Å². The van der Waals surface area contributed by atoms with Crippen LogP contribution in [0.1, 0.15) is 45.1 Å². The van der Waals surface area contributed by atoms with Gasteiger partial charge in [0.1, 0.15) is 5.82 Å². The lowest BCUT2D eigenvalue weighted by Crippen LogP contribution is -2.42. The maximum Gasteiger partial charge on any atom is 0.314 e. The number of carboxylic acids is 1. The molecule has 1 aromatic carbocycles. The van der Waals surface area contributed by atoms with Crippen molar-refractivity contribution in [2.45, 2.75) is 51.0 Å². The summed E-state index contributed by atoms with van der Waals surface area (Å²) in [7, 11) is 0. The van der Waals surface area contributed by atoms with E-state index < -0.39 is 11.4 Å². The highest BCUT2D eigenvalue weighted by atomic mass is 35.5. The van der Waals surface area contributed by atoms with Crippen molar-refractivity contribution in [2.75, 3.05) is 30.0 Å². The zero-order valence-corrected chi connectivity index (χ0v) is 18.9. The summed E-state index contributed by atoms with van der Waals surface area (Å²) >= 11 is 6.01. The minimum Gasteiger partial charge on any atom is -0.481 e. The van der Waals surface area contributed by atoms with Crippen molar-refractivity contribution in [1.29, 1.82) is 0 Å². The first-order chi connectivity index (χ1) is 14.9. The van der Waals surface area contributed by atoms with Crippen molar-refractivity contribution in [3.63, 3.8) is 0 Å². The third-order valence-corrected chi connectivity index (χ3v) is 6.43. The van der Waals surface area contributed by atoms with Crippen molar-refractivity contribution in [3.05, 3.63) is 47.1 Å². The monoisotopic (exact) mass is 443 g/mol. The first kappa shape index (κ1) is 21.9. The van der Waals surface area contributed by atoms with Crippen molar-refractivity contribution in [2.24, 2.45) is 5.92 Å². The second-order valence-corrected chi connectivity index (χ2v) is 9.43. The molecule has 7 heteroatoms. The van der Waals surface area contributed by atoms with Crippen LogP contribution < -0.4 is 10.2 Å². The second-order valence-electron chi connectivity index (χ2n) is 9.00. The molecular weight excluding hydrogens is 414 g/mol. The topological polar surface area (TPSA) is 74.7 Å². The van der Waals surface area contributed by atoms with Gasteiger partial charge in [0, 0.05) is 32.0 Å². The molecular formula is C24H30ClN3O3. The molecule has 1 aromatic heterocycles. The number of aliphatic carboxylic acids is 1. The van der Waals surface area contributed by atoms with Crippen molar-refractivity contribution in [3.8, 4) is 0 Å². The standard InChI is InChI=1S/C24H30ClN3O3/c1-16(2)15-28(19-7-11-31-12-8-19)21-5-3-17(24(9-10-24)23(29)30)13-20(21)27-22-6-4-18(25)14-26-22/h3-6,13-14,16,19H,7-12,15H2,1-2H3,(H,26,27)(H,29,30). The lowest BCUT2D eigenvalue weighted by Gasteiger charge is -2.38. The van der Waals surface area contributed by atoms with Crippen LogP contribution in [-0.2, 0) is 14.9 Å². The molecule has 1 aliphatic carbocycles. The summed E-state index contributed by atoms with van der Waals surface area (Å²) in [6, 6.07) is 10.1. The maximum absolute atomic E-state index is 11.9. The number of carbonyl (C=O) groups is 1. The van der Waals surface area contributed by atoms with Gasteiger partial charge in [0.05, 0.1) is 21.8 Å². The van der Waals surface area contributed by atoms with Crippen LogP contribution in [0.5, 0.6) is 0 Å². The maximum atomic E-state index is 11.9. The first-order valence-electron chi connectivity index (χ1n) is 11.0. The average Bonchev–Trinajstić information content (AvgIpc) is 3.57. The number of ether oxygens (including phenoxy) is 1. The highest BCUT2D eigenvalue weighted by molar-refractivity contribution is 6.30. The molecule has 2 fully saturated rings. The summed E-state index contributed by atoms with van der Waals surface area (Å²) in [6.07, 6.45) is 4.92. The van der Waals surface area contributed by atoms with Crippen LogP contribution in [0.25, 0.3) is 0 Å². The van der Waals surface area contributed by atoms with E-state index in [1.165, 1.54) is 0 Å². The molecule has 1 saturated heterocycles. The molecule has 1 aliphatic heterocycles. The summed E-state index contributed by atoms with van der Waals surface area (Å²) in [6.45, 7) is 6.88. The third kappa shape index (κ3) is 4.80. The number of hydrogen-bond donors (Lipinski definition) is 2. The van der Waals surface area contributed by atoms with Gasteiger partial charge in [0.25, 0.3) is 0 Å². The lowest BCUT2D eigenvalue weighted by molar-refractivity contribution is -0.140. The Labute approximate surface area is 188 Å². The zero-order valence-electron chi connectivity index (χ0n) is 18.1. The third-order valence-electron chi connectivity index (χ3n) is 6.20. The molecule has 31 heavy (non-hydrogen) atoms. The summed E-state index contributed by atoms with van der Waals surface area (Å²) in [5, 5.41) is 13.8. The van der Waals surface area contributed by atoms with Crippen LogP contribution in [0.3, 0.4) is 0 Å². The van der Waals surface area contributed by atoms with Gasteiger partial charge in [0.2, 0.25) is 0 Å². The molecule has 0 atom stereocenters. The minimum absolute atomic E-state index is 0.384. The molecule has 2 heterocycles. The van der Waals surface area contributed by atoms with E-state index in [-0.39, 0.29) is 0 Å². The van der Waals surface area contributed by atoms with Crippen LogP contribution in [0.15, 0.2) is 36.5 Å². The van der Waals surface area contributed by atoms with Crippen LogP contribution in [0, 0.1) is 5.92 Å². The van der Waals surface area contributed by atoms with Crippen LogP contribution in [-0.4, -0.2) is 41.9 Å². The van der Waals surface area contributed by atoms with Crippen LogP contribution >= 0.6 is 11.6 Å². The van der Waals surface area contributed by atoms with Gasteiger partial charge in [-0.2, -0.15) is 0 Å². The Morgan fingerprint density at radius 1 is 1.29 bits per heavy atom. The Bertz CT molecular complexity index is 922. The fraction of sp³-hybridized carbons (Fsp3) is 0.500. The molecule has 1 saturated carbocycles. The molecule has 6 nitrogen and oxygen atoms in total. The average molecular weight is 444 g/mol. The predicted molar refractivity (Wildman–Crippen MR) is 124 cm³/mol. The van der Waals surface area contributed by atoms with E-state index in [1.54, 1.807) is 12.3 Å². The van der Waals surface area contributed by atoms with Gasteiger partial charge in [-0.1, -0.05) is 31.5 Å². The highest BCUT2D eigenvalue weighted by Crippen LogP contribution is 2.50. The van der Waals surface area contributed by atoms with Gasteiger partial charge in [-0.05, 0) is 61.4 Å². The van der Waals surface area contributed by atoms with Gasteiger partial charge < -0.3 is 20.1 Å². The summed E-state index contributed by atoms with van der Waals surface area (Å²) < 4.78 is 5.60. The number of pyridine rings is 1. The Hall–Kier alpha value is -2.31. The molecule has 2 N–H and O–H groups in total. The van der Waals surface area contributed by atoms with E-state index in [0.717, 1.165) is 49.5 Å². The van der Waals surface area contributed by atoms with Gasteiger partial charge in [-0.25, -0.2) is 4.98 Å². The van der Waals surface area contributed by atoms with E-state index >= 15 is 0 Å². The molecule has 0 radical (unpaired) electrons. The Kier molecular flexibility index (Phi) is 6.39. The molecule has 0 spiro atoms. The first-order valence-corrected chi connectivity index (χ1v) is 11.4. The zero-order chi connectivity index (χ0) is 22.0. The van der Waals surface area contributed by atoms with Gasteiger partial charge in [-0.3, -0.25) is 4.79 Å². The molecule has 2 aromatic rings. The number of carboxylic acid groups (broad SMARTS) is 1. The predicted octanol–water partition coefficient (Wildman–Crippen LogP) is 5.24. The van der Waals surface area contributed by atoms with E-state index in [4.69, 9.17) is 16.3 Å². The van der Waals surface area contributed by atoms with Gasteiger partial charge >= 0.3 is 5.97 Å². The number of benzene rings is 1. The van der Waals surface area contributed by atoms with Crippen molar-refractivity contribution < 1.29 is 14.6 Å². The Balaban J connectivity index is 1.75. The summed E-state index contributed by atoms with van der Waals surface area (Å²) in [4.78, 5) is 18.8. The second kappa shape index (κ2) is 9.05. The van der Waals surface area contributed by atoms with Gasteiger partial charge in [-0.15, -0.1) is 0 Å². The number of aromatic nitrogens is 1. The van der Waals surface area contributed by atoms with Gasteiger partial charge in [0.15, 0.2) is 0 Å². The number of rotatable bonds is 8. The van der Waals surface area contributed by atoms with E-state index in [9.17, 15) is 9.90 Å². The Morgan fingerprint density at radius 3 is 2.61 bits per heavy atom. The number of nitrogens with one attached hydrogen (secondary N) is 1. The van der Waals surface area contributed by atoms with Crippen molar-refractivity contribution >= 4 is 34.8 Å². The number of hydrogen-bond acceptors (Lipinski definition) is 5. The fourth-order valence-corrected chi connectivity index (χ4v) is 4.47.